The molecule has 0 saturated carbocycles. The van der Waals surface area contributed by atoms with Gasteiger partial charge in [-0.25, -0.2) is 4.98 Å². The lowest BCUT2D eigenvalue weighted by Gasteiger charge is -1.79. The molecule has 2 rings (SSSR count). The van der Waals surface area contributed by atoms with Gasteiger partial charge in [0, 0.05) is 12.4 Å². The number of hydrogen-bond donors (Lipinski definition) is 1. The van der Waals surface area contributed by atoms with Crippen LogP contribution in [0.4, 0.5) is 0 Å². The first-order chi connectivity index (χ1) is 3.97. The van der Waals surface area contributed by atoms with Crippen LogP contribution in [0.1, 0.15) is 11.9 Å². The number of aromatic amines is 1. The molecule has 1 aliphatic heterocycles. The quantitative estimate of drug-likeness (QED) is 0.534. The third kappa shape index (κ3) is 0.518. The van der Waals surface area contributed by atoms with Gasteiger partial charge in [0.1, 0.15) is 11.9 Å². The highest BCUT2D eigenvalue weighted by Gasteiger charge is 2.26. The van der Waals surface area contributed by atoms with E-state index in [2.05, 4.69) is 9.97 Å². The monoisotopic (exact) mass is 110 g/mol. The second-order valence-corrected chi connectivity index (χ2v) is 1.80. The molecule has 0 radical (unpaired) electrons. The molecule has 0 unspecified atom stereocenters. The lowest BCUT2D eigenvalue weighted by atomic mass is 10.5. The standard InChI is InChI=1S/C5H6N2O/c1-2-7-5(6-1)4-3-8-4/h1-2,4H,3H2,(H,6,7)/t4-/m1/s1. The van der Waals surface area contributed by atoms with Gasteiger partial charge in [-0.1, -0.05) is 0 Å². The van der Waals surface area contributed by atoms with Gasteiger partial charge in [0.05, 0.1) is 6.61 Å². The van der Waals surface area contributed by atoms with Gasteiger partial charge in [0.25, 0.3) is 0 Å². The minimum Gasteiger partial charge on any atom is -0.365 e. The third-order valence-corrected chi connectivity index (χ3v) is 1.16. The van der Waals surface area contributed by atoms with E-state index in [9.17, 15) is 0 Å². The van der Waals surface area contributed by atoms with Crippen LogP contribution in [0.5, 0.6) is 0 Å². The topological polar surface area (TPSA) is 41.2 Å². The van der Waals surface area contributed by atoms with Crippen molar-refractivity contribution >= 4 is 0 Å². The average Bonchev–Trinajstić information content (AvgIpc) is 2.49. The number of nitrogens with one attached hydrogen (secondary N) is 1. The van der Waals surface area contributed by atoms with E-state index in [0.29, 0.717) is 0 Å². The van der Waals surface area contributed by atoms with Crippen molar-refractivity contribution in [2.45, 2.75) is 6.10 Å². The molecule has 3 heteroatoms. The maximum Gasteiger partial charge on any atom is 0.138 e. The van der Waals surface area contributed by atoms with Crippen molar-refractivity contribution in [2.75, 3.05) is 6.61 Å². The molecular weight excluding hydrogens is 104 g/mol. The number of epoxide rings is 1. The van der Waals surface area contributed by atoms with Crippen molar-refractivity contribution in [1.29, 1.82) is 0 Å². The highest BCUT2D eigenvalue weighted by Crippen LogP contribution is 2.25. The van der Waals surface area contributed by atoms with E-state index in [-0.39, 0.29) is 6.10 Å². The number of hydrogen-bond acceptors (Lipinski definition) is 2. The van der Waals surface area contributed by atoms with Crippen molar-refractivity contribution in [2.24, 2.45) is 0 Å². The summed E-state index contributed by atoms with van der Waals surface area (Å²) < 4.78 is 4.96. The summed E-state index contributed by atoms with van der Waals surface area (Å²) in [5.74, 6) is 0.949. The molecule has 1 N–H and O–H groups in total. The zero-order valence-electron chi connectivity index (χ0n) is 4.29. The summed E-state index contributed by atoms with van der Waals surface area (Å²) in [4.78, 5) is 6.96. The van der Waals surface area contributed by atoms with Gasteiger partial charge >= 0.3 is 0 Å². The molecule has 8 heavy (non-hydrogen) atoms. The number of imidazole rings is 1. The SMILES string of the molecule is c1c[nH]c([C@H]2CO2)n1. The Morgan fingerprint density at radius 3 is 3.25 bits per heavy atom. The Kier molecular flexibility index (Phi) is 0.676. The van der Waals surface area contributed by atoms with Crippen molar-refractivity contribution in [3.63, 3.8) is 0 Å². The van der Waals surface area contributed by atoms with E-state index in [1.807, 2.05) is 0 Å². The fourth-order valence-corrected chi connectivity index (χ4v) is 0.660. The molecule has 1 aromatic rings. The minimum absolute atomic E-state index is 0.269. The molecule has 2 heterocycles. The summed E-state index contributed by atoms with van der Waals surface area (Å²) in [6, 6.07) is 0. The second kappa shape index (κ2) is 1.32. The van der Waals surface area contributed by atoms with Crippen molar-refractivity contribution in [3.8, 4) is 0 Å². The van der Waals surface area contributed by atoms with E-state index in [0.717, 1.165) is 12.4 Å². The van der Waals surface area contributed by atoms with Crippen LogP contribution < -0.4 is 0 Å². The summed E-state index contributed by atoms with van der Waals surface area (Å²) in [6.45, 7) is 0.827. The number of H-pyrrole nitrogens is 1. The predicted octanol–water partition coefficient (Wildman–Crippen LogP) is 0.481. The minimum atomic E-state index is 0.269. The molecule has 1 saturated heterocycles. The highest BCUT2D eigenvalue weighted by molar-refractivity contribution is 4.97. The first-order valence-electron chi connectivity index (χ1n) is 2.58. The lowest BCUT2D eigenvalue weighted by Crippen LogP contribution is -1.80. The largest absolute Gasteiger partial charge is 0.365 e. The maximum absolute atomic E-state index is 4.96. The molecule has 1 fully saturated rings. The van der Waals surface area contributed by atoms with Crippen LogP contribution in [0.3, 0.4) is 0 Å². The summed E-state index contributed by atoms with van der Waals surface area (Å²) >= 11 is 0. The fourth-order valence-electron chi connectivity index (χ4n) is 0.660. The Morgan fingerprint density at radius 2 is 2.75 bits per heavy atom. The van der Waals surface area contributed by atoms with Gasteiger partial charge in [-0.2, -0.15) is 0 Å². The van der Waals surface area contributed by atoms with Gasteiger partial charge < -0.3 is 9.72 Å². The van der Waals surface area contributed by atoms with Crippen molar-refractivity contribution in [1.82, 2.24) is 9.97 Å². The summed E-state index contributed by atoms with van der Waals surface area (Å²) in [7, 11) is 0. The van der Waals surface area contributed by atoms with E-state index in [1.54, 1.807) is 12.4 Å². The summed E-state index contributed by atoms with van der Waals surface area (Å²) in [5, 5.41) is 0. The predicted molar refractivity (Wildman–Crippen MR) is 27.3 cm³/mol. The Morgan fingerprint density at radius 1 is 1.88 bits per heavy atom. The van der Waals surface area contributed by atoms with Gasteiger partial charge in [-0.15, -0.1) is 0 Å². The molecule has 1 atom stereocenters. The molecule has 3 nitrogen and oxygen atoms in total. The fraction of sp³-hybridized carbons (Fsp3) is 0.400. The number of rotatable bonds is 1. The molecule has 1 aliphatic rings. The Labute approximate surface area is 46.7 Å². The van der Waals surface area contributed by atoms with Crippen LogP contribution >= 0.6 is 0 Å². The Balaban J connectivity index is 2.28. The third-order valence-electron chi connectivity index (χ3n) is 1.16. The van der Waals surface area contributed by atoms with Gasteiger partial charge in [-0.05, 0) is 0 Å². The first-order valence-corrected chi connectivity index (χ1v) is 2.58. The molecule has 0 bridgehead atoms. The molecule has 0 aromatic carbocycles. The van der Waals surface area contributed by atoms with E-state index < -0.39 is 0 Å². The van der Waals surface area contributed by atoms with Crippen LogP contribution in [0.15, 0.2) is 12.4 Å². The van der Waals surface area contributed by atoms with Crippen LogP contribution in [-0.4, -0.2) is 16.6 Å². The van der Waals surface area contributed by atoms with Crippen LogP contribution in [0.2, 0.25) is 0 Å². The lowest BCUT2D eigenvalue weighted by molar-refractivity contribution is 0.407. The normalized spacial score (nSPS) is 25.8. The molecular formula is C5H6N2O. The van der Waals surface area contributed by atoms with Gasteiger partial charge in [0.2, 0.25) is 0 Å². The average molecular weight is 110 g/mol. The molecule has 1 aromatic heterocycles. The Bertz CT molecular complexity index is 167. The summed E-state index contributed by atoms with van der Waals surface area (Å²) in [6.07, 6.45) is 3.80. The van der Waals surface area contributed by atoms with E-state index >= 15 is 0 Å². The highest BCUT2D eigenvalue weighted by atomic mass is 16.6. The first kappa shape index (κ1) is 4.09. The number of aromatic nitrogens is 2. The molecule has 0 spiro atoms. The van der Waals surface area contributed by atoms with E-state index in [1.165, 1.54) is 0 Å². The second-order valence-electron chi connectivity index (χ2n) is 1.80. The van der Waals surface area contributed by atoms with Crippen LogP contribution in [0, 0.1) is 0 Å². The zero-order valence-corrected chi connectivity index (χ0v) is 4.29. The van der Waals surface area contributed by atoms with Crippen molar-refractivity contribution in [3.05, 3.63) is 18.2 Å². The van der Waals surface area contributed by atoms with Gasteiger partial charge in [-0.3, -0.25) is 0 Å². The van der Waals surface area contributed by atoms with Crippen LogP contribution in [0.25, 0.3) is 0 Å². The summed E-state index contributed by atoms with van der Waals surface area (Å²) in [5.41, 5.74) is 0. The van der Waals surface area contributed by atoms with Crippen molar-refractivity contribution < 1.29 is 4.74 Å². The van der Waals surface area contributed by atoms with Gasteiger partial charge in [0.15, 0.2) is 0 Å². The van der Waals surface area contributed by atoms with Crippen LogP contribution in [-0.2, 0) is 4.74 Å². The molecule has 0 aliphatic carbocycles. The van der Waals surface area contributed by atoms with E-state index in [4.69, 9.17) is 4.74 Å². The Hall–Kier alpha value is -0.830. The zero-order chi connectivity index (χ0) is 5.40. The molecule has 0 amide bonds. The number of nitrogens with zero attached hydrogens (tertiary/aromatic N) is 1. The smallest absolute Gasteiger partial charge is 0.138 e. The molecule has 42 valence electrons. The number of ether oxygens (including phenoxy) is 1. The maximum atomic E-state index is 4.96.